The number of esters is 1. The first-order valence-electron chi connectivity index (χ1n) is 8.51. The lowest BCUT2D eigenvalue weighted by atomic mass is 9.83. The molecule has 0 radical (unpaired) electrons. The van der Waals surface area contributed by atoms with Crippen molar-refractivity contribution in [3.05, 3.63) is 30.3 Å². The zero-order chi connectivity index (χ0) is 17.2. The Morgan fingerprint density at radius 1 is 1.21 bits per heavy atom. The molecule has 0 bridgehead atoms. The number of ether oxygens (including phenoxy) is 2. The summed E-state index contributed by atoms with van der Waals surface area (Å²) >= 11 is 12.9. The summed E-state index contributed by atoms with van der Waals surface area (Å²) in [5.74, 6) is 1.55. The molecular weight excluding hydrogens is 347 g/mol. The van der Waals surface area contributed by atoms with Crippen LogP contribution in [0, 0.1) is 22.7 Å². The summed E-state index contributed by atoms with van der Waals surface area (Å²) in [6, 6.07) is 9.27. The molecule has 3 saturated carbocycles. The van der Waals surface area contributed by atoms with E-state index < -0.39 is 4.33 Å². The third-order valence-electron chi connectivity index (χ3n) is 6.47. The minimum atomic E-state index is -0.762. The van der Waals surface area contributed by atoms with Gasteiger partial charge in [0.1, 0.15) is 16.2 Å². The molecule has 24 heavy (non-hydrogen) atoms. The molecule has 3 fully saturated rings. The van der Waals surface area contributed by atoms with E-state index in [1.807, 2.05) is 30.3 Å². The summed E-state index contributed by atoms with van der Waals surface area (Å²) in [4.78, 5) is 12.3. The SMILES string of the molecule is CC1(C)[C@@H]2C[C@H](OC(=O)COc3ccccc3)[C@]3(C[C@H]21)CC3(Cl)Cl. The molecule has 3 nitrogen and oxygen atoms in total. The average Bonchev–Trinajstić information content (AvgIpc) is 3.28. The van der Waals surface area contributed by atoms with Gasteiger partial charge < -0.3 is 9.47 Å². The Labute approximate surface area is 152 Å². The van der Waals surface area contributed by atoms with Crippen molar-refractivity contribution in [1.82, 2.24) is 0 Å². The van der Waals surface area contributed by atoms with Crippen LogP contribution >= 0.6 is 23.2 Å². The van der Waals surface area contributed by atoms with Gasteiger partial charge in [-0.05, 0) is 48.6 Å². The fourth-order valence-electron chi connectivity index (χ4n) is 4.65. The summed E-state index contributed by atoms with van der Waals surface area (Å²) < 4.78 is 10.5. The fourth-order valence-corrected chi connectivity index (χ4v) is 5.52. The van der Waals surface area contributed by atoms with Crippen LogP contribution in [0.25, 0.3) is 0 Å². The maximum atomic E-state index is 12.3. The number of rotatable bonds is 4. The highest BCUT2D eigenvalue weighted by Gasteiger charge is 2.78. The molecule has 1 aromatic carbocycles. The van der Waals surface area contributed by atoms with Gasteiger partial charge in [-0.15, -0.1) is 23.2 Å². The molecule has 0 saturated heterocycles. The van der Waals surface area contributed by atoms with Crippen molar-refractivity contribution in [3.63, 3.8) is 0 Å². The first-order chi connectivity index (χ1) is 11.3. The van der Waals surface area contributed by atoms with E-state index in [9.17, 15) is 4.79 Å². The average molecular weight is 369 g/mol. The fraction of sp³-hybridized carbons (Fsp3) is 0.632. The third kappa shape index (κ3) is 2.52. The summed E-state index contributed by atoms with van der Waals surface area (Å²) in [5.41, 5.74) is 0.0363. The van der Waals surface area contributed by atoms with Crippen LogP contribution in [0.15, 0.2) is 30.3 Å². The molecule has 130 valence electrons. The quantitative estimate of drug-likeness (QED) is 0.575. The van der Waals surface area contributed by atoms with Gasteiger partial charge in [-0.25, -0.2) is 4.79 Å². The minimum absolute atomic E-state index is 0.0916. The van der Waals surface area contributed by atoms with Crippen LogP contribution in [0.1, 0.15) is 33.1 Å². The predicted octanol–water partition coefficient (Wildman–Crippen LogP) is 4.61. The lowest BCUT2D eigenvalue weighted by molar-refractivity contribution is -0.157. The molecule has 3 aliphatic carbocycles. The highest BCUT2D eigenvalue weighted by Crippen LogP contribution is 2.79. The van der Waals surface area contributed by atoms with E-state index in [0.29, 0.717) is 29.4 Å². The van der Waals surface area contributed by atoms with Crippen molar-refractivity contribution in [2.75, 3.05) is 6.61 Å². The Morgan fingerprint density at radius 3 is 2.50 bits per heavy atom. The van der Waals surface area contributed by atoms with Crippen LogP contribution in [0.4, 0.5) is 0 Å². The van der Waals surface area contributed by atoms with Crippen molar-refractivity contribution in [1.29, 1.82) is 0 Å². The van der Waals surface area contributed by atoms with E-state index in [4.69, 9.17) is 32.7 Å². The highest BCUT2D eigenvalue weighted by atomic mass is 35.5. The molecular formula is C19H22Cl2O3. The van der Waals surface area contributed by atoms with Gasteiger partial charge in [-0.1, -0.05) is 32.0 Å². The largest absolute Gasteiger partial charge is 0.482 e. The van der Waals surface area contributed by atoms with Crippen LogP contribution < -0.4 is 4.74 Å². The molecule has 3 aliphatic rings. The molecule has 0 unspecified atom stereocenters. The Hall–Kier alpha value is -0.930. The second kappa shape index (κ2) is 5.28. The Bertz CT molecular complexity index is 658. The van der Waals surface area contributed by atoms with Gasteiger partial charge in [0.25, 0.3) is 0 Å². The predicted molar refractivity (Wildman–Crippen MR) is 93.3 cm³/mol. The van der Waals surface area contributed by atoms with Gasteiger partial charge in [-0.3, -0.25) is 0 Å². The normalized spacial score (nSPS) is 37.4. The molecule has 5 heteroatoms. The van der Waals surface area contributed by atoms with Gasteiger partial charge >= 0.3 is 5.97 Å². The highest BCUT2D eigenvalue weighted by molar-refractivity contribution is 6.51. The number of hydrogen-bond acceptors (Lipinski definition) is 3. The van der Waals surface area contributed by atoms with Crippen LogP contribution in [-0.4, -0.2) is 23.0 Å². The molecule has 4 atom stereocenters. The number of para-hydroxylation sites is 1. The number of halogens is 2. The van der Waals surface area contributed by atoms with Crippen LogP contribution in [0.2, 0.25) is 0 Å². The lowest BCUT2D eigenvalue weighted by Crippen LogP contribution is -2.37. The number of hydrogen-bond donors (Lipinski definition) is 0. The number of carbonyl (C=O) groups is 1. The molecule has 1 spiro atoms. The van der Waals surface area contributed by atoms with Crippen molar-refractivity contribution in [2.45, 2.75) is 43.5 Å². The molecule has 0 aliphatic heterocycles. The maximum absolute atomic E-state index is 12.3. The van der Waals surface area contributed by atoms with E-state index in [2.05, 4.69) is 13.8 Å². The van der Waals surface area contributed by atoms with E-state index in [1.54, 1.807) is 0 Å². The van der Waals surface area contributed by atoms with Crippen molar-refractivity contribution < 1.29 is 14.3 Å². The Balaban J connectivity index is 1.40. The summed E-state index contributed by atoms with van der Waals surface area (Å²) in [7, 11) is 0. The monoisotopic (exact) mass is 368 g/mol. The topological polar surface area (TPSA) is 35.5 Å². The minimum Gasteiger partial charge on any atom is -0.482 e. The van der Waals surface area contributed by atoms with Crippen molar-refractivity contribution >= 4 is 29.2 Å². The van der Waals surface area contributed by atoms with E-state index in [-0.39, 0.29) is 24.1 Å². The zero-order valence-electron chi connectivity index (χ0n) is 13.9. The first kappa shape index (κ1) is 16.5. The van der Waals surface area contributed by atoms with E-state index in [0.717, 1.165) is 12.8 Å². The summed E-state index contributed by atoms with van der Waals surface area (Å²) in [6.07, 6.45) is 2.31. The smallest absolute Gasteiger partial charge is 0.344 e. The molecule has 0 amide bonds. The Morgan fingerprint density at radius 2 is 1.88 bits per heavy atom. The van der Waals surface area contributed by atoms with Crippen LogP contribution in [0.3, 0.4) is 0 Å². The van der Waals surface area contributed by atoms with Gasteiger partial charge in [0, 0.05) is 5.41 Å². The molecule has 0 aromatic heterocycles. The standard InChI is InChI=1S/C19H22Cl2O3/c1-17(2)13-8-15(18(9-14(13)17)11-19(18,20)21)24-16(22)10-23-12-6-4-3-5-7-12/h3-7,13-15H,8-11H2,1-2H3/t13-,14-,15+,18+/m1/s1. The van der Waals surface area contributed by atoms with Gasteiger partial charge in [0.2, 0.25) is 0 Å². The first-order valence-corrected chi connectivity index (χ1v) is 9.27. The van der Waals surface area contributed by atoms with Gasteiger partial charge in [-0.2, -0.15) is 0 Å². The molecule has 0 heterocycles. The zero-order valence-corrected chi connectivity index (χ0v) is 15.4. The van der Waals surface area contributed by atoms with Gasteiger partial charge in [0.15, 0.2) is 6.61 Å². The number of alkyl halides is 2. The molecule has 1 aromatic rings. The van der Waals surface area contributed by atoms with Crippen LogP contribution in [-0.2, 0) is 9.53 Å². The van der Waals surface area contributed by atoms with E-state index in [1.165, 1.54) is 0 Å². The number of benzene rings is 1. The number of carbonyl (C=O) groups excluding carboxylic acids is 1. The Kier molecular flexibility index (Phi) is 3.64. The van der Waals surface area contributed by atoms with Crippen molar-refractivity contribution in [2.24, 2.45) is 22.7 Å². The summed E-state index contributed by atoms with van der Waals surface area (Å²) in [5, 5.41) is 0. The molecule has 4 rings (SSSR count). The summed E-state index contributed by atoms with van der Waals surface area (Å²) in [6.45, 7) is 4.47. The van der Waals surface area contributed by atoms with Crippen LogP contribution in [0.5, 0.6) is 5.75 Å². The molecule has 0 N–H and O–H groups in total. The maximum Gasteiger partial charge on any atom is 0.344 e. The lowest BCUT2D eigenvalue weighted by Gasteiger charge is -2.32. The van der Waals surface area contributed by atoms with E-state index >= 15 is 0 Å². The van der Waals surface area contributed by atoms with Crippen molar-refractivity contribution in [3.8, 4) is 5.75 Å². The second-order valence-electron chi connectivity index (χ2n) is 8.09. The third-order valence-corrected chi connectivity index (χ3v) is 7.49. The second-order valence-corrected chi connectivity index (χ2v) is 9.58. The van der Waals surface area contributed by atoms with Gasteiger partial charge in [0.05, 0.1) is 0 Å². The number of fused-ring (bicyclic) bond motifs is 1.